The molecule has 8 nitrogen and oxygen atoms in total. The fourth-order valence-electron chi connectivity index (χ4n) is 4.39. The van der Waals surface area contributed by atoms with E-state index < -0.39 is 4.92 Å². The summed E-state index contributed by atoms with van der Waals surface area (Å²) in [5, 5.41) is 33.9. The van der Waals surface area contributed by atoms with Crippen molar-refractivity contribution in [3.63, 3.8) is 0 Å². The van der Waals surface area contributed by atoms with Crippen LogP contribution in [0.25, 0.3) is 16.5 Å². The third-order valence-electron chi connectivity index (χ3n) is 5.53. The summed E-state index contributed by atoms with van der Waals surface area (Å²) in [5.74, 6) is -0.226. The fraction of sp³-hybridized carbons (Fsp3) is 0.222. The van der Waals surface area contributed by atoms with Gasteiger partial charge in [-0.2, -0.15) is 0 Å². The van der Waals surface area contributed by atoms with Gasteiger partial charge in [-0.15, -0.1) is 0 Å². The molecule has 2 saturated heterocycles. The van der Waals surface area contributed by atoms with Gasteiger partial charge in [-0.05, 0) is 12.1 Å². The van der Waals surface area contributed by atoms with Crippen molar-refractivity contribution in [1.82, 2.24) is 4.57 Å². The Bertz CT molecular complexity index is 1100. The SMILES string of the molecule is O=[N+]([O-])c1ccc(-n2c(O)c3c(c2O)C2OC3[C@H]3O[C@@H]23)c2ccccc12. The molecule has 0 amide bonds. The smallest absolute Gasteiger partial charge is 0.277 e. The van der Waals surface area contributed by atoms with Gasteiger partial charge in [-0.25, -0.2) is 0 Å². The Kier molecular flexibility index (Phi) is 2.36. The third-order valence-corrected chi connectivity index (χ3v) is 5.53. The normalized spacial score (nSPS) is 27.5. The zero-order chi connectivity index (χ0) is 17.7. The van der Waals surface area contributed by atoms with Crippen LogP contribution in [-0.4, -0.2) is 31.9 Å². The summed E-state index contributed by atoms with van der Waals surface area (Å²) in [7, 11) is 0. The molecule has 2 N–H and O–H groups in total. The average molecular weight is 352 g/mol. The van der Waals surface area contributed by atoms with Crippen LogP contribution < -0.4 is 0 Å². The largest absolute Gasteiger partial charge is 0.494 e. The lowest BCUT2D eigenvalue weighted by Crippen LogP contribution is -2.04. The van der Waals surface area contributed by atoms with Crippen LogP contribution in [0.4, 0.5) is 5.69 Å². The molecule has 3 aliphatic rings. The summed E-state index contributed by atoms with van der Waals surface area (Å²) in [6, 6.07) is 9.78. The highest BCUT2D eigenvalue weighted by molar-refractivity contribution is 5.97. The Morgan fingerprint density at radius 1 is 0.923 bits per heavy atom. The third kappa shape index (κ3) is 1.48. The van der Waals surface area contributed by atoms with Crippen molar-refractivity contribution in [2.75, 3.05) is 0 Å². The summed E-state index contributed by atoms with van der Waals surface area (Å²) in [6.45, 7) is 0. The van der Waals surface area contributed by atoms with Crippen LogP contribution in [0.5, 0.6) is 11.8 Å². The molecule has 1 aromatic heterocycles. The molecule has 0 spiro atoms. The van der Waals surface area contributed by atoms with Crippen LogP contribution in [0.1, 0.15) is 23.3 Å². The maximum absolute atomic E-state index is 11.3. The van der Waals surface area contributed by atoms with Gasteiger partial charge in [0.15, 0.2) is 0 Å². The van der Waals surface area contributed by atoms with Gasteiger partial charge in [-0.3, -0.25) is 14.7 Å². The number of nitro benzene ring substituents is 1. The molecule has 2 aromatic carbocycles. The van der Waals surface area contributed by atoms with Crippen molar-refractivity contribution >= 4 is 16.5 Å². The monoisotopic (exact) mass is 352 g/mol. The van der Waals surface area contributed by atoms with Crippen LogP contribution in [-0.2, 0) is 9.47 Å². The van der Waals surface area contributed by atoms with E-state index in [0.717, 1.165) is 0 Å². The van der Waals surface area contributed by atoms with E-state index in [-0.39, 0.29) is 41.9 Å². The lowest BCUT2D eigenvalue weighted by atomic mass is 9.95. The molecule has 0 radical (unpaired) electrons. The predicted octanol–water partition coefficient (Wildman–Crippen LogP) is 2.84. The second-order valence-electron chi connectivity index (χ2n) is 6.76. The number of rotatable bonds is 2. The topological polar surface area (TPSA) is 110 Å². The zero-order valence-corrected chi connectivity index (χ0v) is 13.2. The van der Waals surface area contributed by atoms with Crippen molar-refractivity contribution in [3.8, 4) is 17.4 Å². The lowest BCUT2D eigenvalue weighted by Gasteiger charge is -2.14. The number of benzene rings is 2. The zero-order valence-electron chi connectivity index (χ0n) is 13.2. The molecule has 4 heterocycles. The maximum atomic E-state index is 11.3. The molecule has 2 unspecified atom stereocenters. The van der Waals surface area contributed by atoms with Gasteiger partial charge in [0, 0.05) is 11.5 Å². The quantitative estimate of drug-likeness (QED) is 0.417. The van der Waals surface area contributed by atoms with E-state index in [9.17, 15) is 20.3 Å². The van der Waals surface area contributed by atoms with E-state index in [1.54, 1.807) is 24.3 Å². The number of ether oxygens (including phenoxy) is 2. The molecule has 4 atom stereocenters. The number of nitro groups is 1. The van der Waals surface area contributed by atoms with Crippen molar-refractivity contribution in [2.45, 2.75) is 24.4 Å². The molecule has 130 valence electrons. The number of hydrogen-bond acceptors (Lipinski definition) is 6. The van der Waals surface area contributed by atoms with Gasteiger partial charge < -0.3 is 19.7 Å². The average Bonchev–Trinajstić information content (AvgIpc) is 3.15. The standard InChI is InChI=1S/C18H12N2O6/c21-17-11-12(14-16-15(26-16)13(11)25-14)18(22)19(17)9-5-6-10(20(23)24)8-4-2-1-3-7(8)9/h1-6,13-16,21-22H/t13?,14?,15-,16+. The number of fused-ring (bicyclic) bond motifs is 9. The number of hydrogen-bond donors (Lipinski definition) is 2. The van der Waals surface area contributed by atoms with E-state index in [4.69, 9.17) is 9.47 Å². The summed E-state index contributed by atoms with van der Waals surface area (Å²) in [6.07, 6.45) is -0.891. The van der Waals surface area contributed by atoms with E-state index in [2.05, 4.69) is 0 Å². The molecule has 3 aliphatic heterocycles. The minimum absolute atomic E-state index is 0.0268. The summed E-state index contributed by atoms with van der Waals surface area (Å²) in [5.41, 5.74) is 1.55. The Hall–Kier alpha value is -3.10. The van der Waals surface area contributed by atoms with Crippen LogP contribution in [0.15, 0.2) is 36.4 Å². The highest BCUT2D eigenvalue weighted by atomic mass is 16.7. The van der Waals surface area contributed by atoms with E-state index in [0.29, 0.717) is 27.6 Å². The highest BCUT2D eigenvalue weighted by Gasteiger charge is 2.66. The van der Waals surface area contributed by atoms with E-state index >= 15 is 0 Å². The minimum Gasteiger partial charge on any atom is -0.494 e. The van der Waals surface area contributed by atoms with Crippen molar-refractivity contribution < 1.29 is 24.6 Å². The number of aromatic hydroxyl groups is 2. The second-order valence-corrected chi connectivity index (χ2v) is 6.76. The van der Waals surface area contributed by atoms with Crippen LogP contribution in [0.3, 0.4) is 0 Å². The summed E-state index contributed by atoms with van der Waals surface area (Å²) in [4.78, 5) is 10.9. The maximum Gasteiger partial charge on any atom is 0.277 e. The number of aromatic nitrogens is 1. The van der Waals surface area contributed by atoms with Gasteiger partial charge in [0.2, 0.25) is 11.8 Å². The van der Waals surface area contributed by atoms with Gasteiger partial charge in [0.25, 0.3) is 5.69 Å². The number of epoxide rings is 1. The highest BCUT2D eigenvalue weighted by Crippen LogP contribution is 2.65. The lowest BCUT2D eigenvalue weighted by molar-refractivity contribution is -0.383. The molecule has 6 rings (SSSR count). The Morgan fingerprint density at radius 3 is 2.15 bits per heavy atom. The molecule has 0 saturated carbocycles. The van der Waals surface area contributed by atoms with Crippen LogP contribution in [0, 0.1) is 10.1 Å². The Morgan fingerprint density at radius 2 is 1.54 bits per heavy atom. The van der Waals surface area contributed by atoms with Gasteiger partial charge in [0.1, 0.15) is 24.4 Å². The molecule has 3 aromatic rings. The molecule has 8 heteroatoms. The van der Waals surface area contributed by atoms with E-state index in [1.807, 2.05) is 0 Å². The van der Waals surface area contributed by atoms with Crippen molar-refractivity contribution in [3.05, 3.63) is 57.6 Å². The number of nitrogens with zero attached hydrogens (tertiary/aromatic N) is 2. The first kappa shape index (κ1) is 14.1. The molecule has 2 bridgehead atoms. The Labute approximate surface area is 146 Å². The predicted molar refractivity (Wildman–Crippen MR) is 88.5 cm³/mol. The first-order chi connectivity index (χ1) is 12.6. The molecule has 26 heavy (non-hydrogen) atoms. The number of non-ortho nitro benzene ring substituents is 1. The van der Waals surface area contributed by atoms with Crippen molar-refractivity contribution in [1.29, 1.82) is 0 Å². The van der Waals surface area contributed by atoms with Gasteiger partial charge in [-0.1, -0.05) is 18.2 Å². The van der Waals surface area contributed by atoms with Crippen molar-refractivity contribution in [2.24, 2.45) is 0 Å². The first-order valence-corrected chi connectivity index (χ1v) is 8.21. The molecule has 0 aliphatic carbocycles. The van der Waals surface area contributed by atoms with Crippen LogP contribution >= 0.6 is 0 Å². The Balaban J connectivity index is 1.64. The van der Waals surface area contributed by atoms with Crippen LogP contribution in [0.2, 0.25) is 0 Å². The molecular weight excluding hydrogens is 340 g/mol. The molecular formula is C18H12N2O6. The second kappa shape index (κ2) is 4.35. The van der Waals surface area contributed by atoms with E-state index in [1.165, 1.54) is 16.7 Å². The molecule has 2 fully saturated rings. The minimum atomic E-state index is -0.444. The first-order valence-electron chi connectivity index (χ1n) is 8.21. The summed E-state index contributed by atoms with van der Waals surface area (Å²) >= 11 is 0. The summed E-state index contributed by atoms with van der Waals surface area (Å²) < 4.78 is 12.6. The fourth-order valence-corrected chi connectivity index (χ4v) is 4.39. The van der Waals surface area contributed by atoms with Gasteiger partial charge in [0.05, 0.1) is 27.1 Å². The van der Waals surface area contributed by atoms with Gasteiger partial charge >= 0.3 is 0 Å².